The van der Waals surface area contributed by atoms with Crippen LogP contribution in [0.4, 0.5) is 0 Å². The van der Waals surface area contributed by atoms with Crippen LogP contribution in [0, 0.1) is 18.8 Å². The normalized spacial score (nSPS) is 22.8. The Morgan fingerprint density at radius 2 is 1.52 bits per heavy atom. The van der Waals surface area contributed by atoms with E-state index in [2.05, 4.69) is 60.7 Å². The molecule has 166 valence electrons. The molecule has 4 heteroatoms. The molecule has 0 saturated carbocycles. The topological polar surface area (TPSA) is 37.4 Å². The fourth-order valence-corrected chi connectivity index (χ4v) is 7.49. The zero-order valence-electron chi connectivity index (χ0n) is 18.7. The van der Waals surface area contributed by atoms with Crippen molar-refractivity contribution in [3.63, 3.8) is 0 Å². The van der Waals surface area contributed by atoms with Crippen LogP contribution in [-0.4, -0.2) is 25.8 Å². The minimum absolute atomic E-state index is 0.197. The highest BCUT2D eigenvalue weighted by atomic mass is 32.2. The molecule has 4 aromatic rings. The largest absolute Gasteiger partial charge is 0.243 e. The predicted octanol–water partition coefficient (Wildman–Crippen LogP) is 5.77. The van der Waals surface area contributed by atoms with E-state index in [0.717, 1.165) is 12.0 Å². The Morgan fingerprint density at radius 3 is 2.30 bits per heavy atom. The second kappa shape index (κ2) is 7.82. The Bertz CT molecular complexity index is 1430. The van der Waals surface area contributed by atoms with E-state index in [4.69, 9.17) is 0 Å². The molecular weight excluding hydrogens is 426 g/mol. The Balaban J connectivity index is 1.45. The number of sulfonamides is 1. The summed E-state index contributed by atoms with van der Waals surface area (Å²) in [6, 6.07) is 30.9. The van der Waals surface area contributed by atoms with Crippen LogP contribution in [0.15, 0.2) is 95.9 Å². The minimum Gasteiger partial charge on any atom is -0.207 e. The van der Waals surface area contributed by atoms with Gasteiger partial charge < -0.3 is 0 Å². The summed E-state index contributed by atoms with van der Waals surface area (Å²) in [6.45, 7) is 3.12. The van der Waals surface area contributed by atoms with Crippen molar-refractivity contribution in [3.8, 4) is 0 Å². The van der Waals surface area contributed by atoms with Crippen LogP contribution in [-0.2, 0) is 16.4 Å². The van der Waals surface area contributed by atoms with Gasteiger partial charge in [0.15, 0.2) is 0 Å². The molecule has 1 aliphatic carbocycles. The van der Waals surface area contributed by atoms with Gasteiger partial charge in [-0.25, -0.2) is 8.42 Å². The quantitative estimate of drug-likeness (QED) is 0.395. The number of fused-ring (bicyclic) bond motifs is 4. The van der Waals surface area contributed by atoms with Crippen LogP contribution >= 0.6 is 0 Å². The van der Waals surface area contributed by atoms with Crippen LogP contribution in [0.3, 0.4) is 0 Å². The molecule has 1 aliphatic heterocycles. The molecule has 0 aromatic heterocycles. The fraction of sp³-hybridized carbons (Fsp3) is 0.241. The lowest BCUT2D eigenvalue weighted by molar-refractivity contribution is 0.354. The highest BCUT2D eigenvalue weighted by molar-refractivity contribution is 7.89. The van der Waals surface area contributed by atoms with E-state index < -0.39 is 10.0 Å². The fourth-order valence-electron chi connectivity index (χ4n) is 5.96. The van der Waals surface area contributed by atoms with Gasteiger partial charge in [0.2, 0.25) is 10.0 Å². The number of rotatable bonds is 3. The molecule has 4 aromatic carbocycles. The van der Waals surface area contributed by atoms with Gasteiger partial charge in [0.05, 0.1) is 4.90 Å². The van der Waals surface area contributed by atoms with Gasteiger partial charge >= 0.3 is 0 Å². The van der Waals surface area contributed by atoms with Crippen molar-refractivity contribution >= 4 is 20.8 Å². The average molecular weight is 454 g/mol. The smallest absolute Gasteiger partial charge is 0.207 e. The summed E-state index contributed by atoms with van der Waals surface area (Å²) < 4.78 is 28.8. The van der Waals surface area contributed by atoms with Crippen molar-refractivity contribution in [2.24, 2.45) is 11.8 Å². The summed E-state index contributed by atoms with van der Waals surface area (Å²) in [4.78, 5) is 0.394. The third kappa shape index (κ3) is 3.40. The molecule has 0 bridgehead atoms. The van der Waals surface area contributed by atoms with Crippen molar-refractivity contribution in [2.45, 2.75) is 24.2 Å². The maximum Gasteiger partial charge on any atom is 0.243 e. The maximum atomic E-state index is 13.5. The third-order valence-electron chi connectivity index (χ3n) is 7.58. The first-order chi connectivity index (χ1) is 16.0. The maximum absolute atomic E-state index is 13.5. The van der Waals surface area contributed by atoms with Crippen molar-refractivity contribution < 1.29 is 8.42 Å². The summed E-state index contributed by atoms with van der Waals surface area (Å²) in [5.41, 5.74) is 5.09. The monoisotopic (exact) mass is 453 g/mol. The first kappa shape index (κ1) is 20.6. The zero-order chi connectivity index (χ0) is 22.6. The molecule has 1 heterocycles. The predicted molar refractivity (Wildman–Crippen MR) is 133 cm³/mol. The lowest BCUT2D eigenvalue weighted by Gasteiger charge is -2.36. The van der Waals surface area contributed by atoms with Crippen LogP contribution in [0.5, 0.6) is 0 Å². The second-order valence-electron chi connectivity index (χ2n) is 9.51. The van der Waals surface area contributed by atoms with Crippen molar-refractivity contribution in [1.82, 2.24) is 4.31 Å². The van der Waals surface area contributed by atoms with E-state index in [0.29, 0.717) is 23.9 Å². The number of aryl methyl sites for hydroxylation is 1. The van der Waals surface area contributed by atoms with Crippen LogP contribution in [0.2, 0.25) is 0 Å². The number of hydrogen-bond donors (Lipinski definition) is 0. The van der Waals surface area contributed by atoms with Crippen molar-refractivity contribution in [3.05, 3.63) is 113 Å². The van der Waals surface area contributed by atoms with Gasteiger partial charge in [-0.05, 0) is 64.8 Å². The number of hydrogen-bond acceptors (Lipinski definition) is 2. The minimum atomic E-state index is -3.52. The molecule has 1 fully saturated rings. The molecule has 1 saturated heterocycles. The van der Waals surface area contributed by atoms with Crippen molar-refractivity contribution in [2.75, 3.05) is 13.1 Å². The summed E-state index contributed by atoms with van der Waals surface area (Å²) in [6.07, 6.45) is 0.921. The average Bonchev–Trinajstić information content (AvgIpc) is 3.28. The third-order valence-corrected chi connectivity index (χ3v) is 9.43. The van der Waals surface area contributed by atoms with Gasteiger partial charge in [-0.2, -0.15) is 4.31 Å². The SMILES string of the molecule is Cc1ccc(S(=O)(=O)N2CC3Cc4c(ccc5ccccc45)C(c4ccccc4)C3C2)cc1. The Morgan fingerprint density at radius 1 is 0.788 bits per heavy atom. The molecule has 0 amide bonds. The van der Waals surface area contributed by atoms with E-state index in [9.17, 15) is 8.42 Å². The van der Waals surface area contributed by atoms with Gasteiger partial charge in [0, 0.05) is 19.0 Å². The highest BCUT2D eigenvalue weighted by Crippen LogP contribution is 2.49. The van der Waals surface area contributed by atoms with Crippen LogP contribution < -0.4 is 0 Å². The molecule has 33 heavy (non-hydrogen) atoms. The molecule has 2 aliphatic rings. The van der Waals surface area contributed by atoms with E-state index in [1.54, 1.807) is 16.4 Å². The van der Waals surface area contributed by atoms with Crippen LogP contribution in [0.25, 0.3) is 10.8 Å². The summed E-state index contributed by atoms with van der Waals surface area (Å²) >= 11 is 0. The van der Waals surface area contributed by atoms with E-state index >= 15 is 0 Å². The Hall–Kier alpha value is -2.95. The van der Waals surface area contributed by atoms with E-state index in [1.807, 2.05) is 25.1 Å². The van der Waals surface area contributed by atoms with Gasteiger partial charge in [0.25, 0.3) is 0 Å². The molecule has 0 spiro atoms. The number of nitrogens with zero attached hydrogens (tertiary/aromatic N) is 1. The molecule has 3 unspecified atom stereocenters. The van der Waals surface area contributed by atoms with Gasteiger partial charge in [-0.1, -0.05) is 84.4 Å². The van der Waals surface area contributed by atoms with Gasteiger partial charge in [-0.3, -0.25) is 0 Å². The zero-order valence-corrected chi connectivity index (χ0v) is 19.5. The molecule has 3 atom stereocenters. The second-order valence-corrected chi connectivity index (χ2v) is 11.4. The first-order valence-corrected chi connectivity index (χ1v) is 13.1. The van der Waals surface area contributed by atoms with Crippen molar-refractivity contribution in [1.29, 1.82) is 0 Å². The van der Waals surface area contributed by atoms with E-state index in [-0.39, 0.29) is 11.8 Å². The summed E-state index contributed by atoms with van der Waals surface area (Å²) in [5.74, 6) is 0.762. The first-order valence-electron chi connectivity index (χ1n) is 11.6. The molecule has 3 nitrogen and oxygen atoms in total. The van der Waals surface area contributed by atoms with E-state index in [1.165, 1.54) is 27.5 Å². The van der Waals surface area contributed by atoms with Gasteiger partial charge in [-0.15, -0.1) is 0 Å². The molecule has 0 radical (unpaired) electrons. The van der Waals surface area contributed by atoms with Crippen LogP contribution in [0.1, 0.15) is 28.2 Å². The lowest BCUT2D eigenvalue weighted by atomic mass is 9.67. The van der Waals surface area contributed by atoms with Gasteiger partial charge in [0.1, 0.15) is 0 Å². The molecule has 6 rings (SSSR count). The summed E-state index contributed by atoms with van der Waals surface area (Å²) in [7, 11) is -3.52. The highest BCUT2D eigenvalue weighted by Gasteiger charge is 2.46. The standard InChI is InChI=1S/C29H27NO2S/c1-20-11-14-24(15-12-20)33(31,32)30-18-23-17-27-25-10-6-5-7-21(25)13-16-26(27)29(28(23)19-30)22-8-3-2-4-9-22/h2-16,23,28-29H,17-19H2,1H3. The number of benzene rings is 4. The lowest BCUT2D eigenvalue weighted by Crippen LogP contribution is -2.30. The molecular formula is C29H27NO2S. The summed E-state index contributed by atoms with van der Waals surface area (Å²) in [5, 5.41) is 2.55. The molecule has 0 N–H and O–H groups in total. The Labute approximate surface area is 195 Å². The Kier molecular flexibility index (Phi) is 4.89.